The van der Waals surface area contributed by atoms with Crippen LogP contribution < -0.4 is 4.74 Å². The summed E-state index contributed by atoms with van der Waals surface area (Å²) in [5, 5.41) is 9.27. The quantitative estimate of drug-likeness (QED) is 0.455. The average molecular weight is 427 g/mol. The third-order valence-corrected chi connectivity index (χ3v) is 5.72. The van der Waals surface area contributed by atoms with Gasteiger partial charge in [-0.2, -0.15) is 0 Å². The van der Waals surface area contributed by atoms with E-state index >= 15 is 0 Å². The van der Waals surface area contributed by atoms with Gasteiger partial charge in [0.25, 0.3) is 0 Å². The summed E-state index contributed by atoms with van der Waals surface area (Å²) in [5.41, 5.74) is 3.85. The number of hydrogen-bond acceptors (Lipinski definition) is 6. The lowest BCUT2D eigenvalue weighted by Crippen LogP contribution is -2.23. The molecule has 3 aromatic heterocycles. The molecule has 1 fully saturated rings. The molecule has 32 heavy (non-hydrogen) atoms. The van der Waals surface area contributed by atoms with E-state index in [9.17, 15) is 9.90 Å². The highest BCUT2D eigenvalue weighted by molar-refractivity contribution is 5.78. The van der Waals surface area contributed by atoms with Gasteiger partial charge < -0.3 is 14.8 Å². The number of H-pyrrole nitrogens is 1. The highest BCUT2D eigenvalue weighted by atomic mass is 16.5. The number of imidazole rings is 1. The number of benzene rings is 1. The summed E-state index contributed by atoms with van der Waals surface area (Å²) in [5.74, 6) is 0.710. The number of aromatic amines is 1. The van der Waals surface area contributed by atoms with E-state index in [4.69, 9.17) is 4.74 Å². The van der Waals surface area contributed by atoms with Crippen molar-refractivity contribution in [3.63, 3.8) is 0 Å². The van der Waals surface area contributed by atoms with E-state index in [2.05, 4.69) is 24.9 Å². The molecular formula is C24H21N5O3. The Morgan fingerprint density at radius 2 is 1.78 bits per heavy atom. The molecule has 0 radical (unpaired) electrons. The van der Waals surface area contributed by atoms with E-state index in [0.29, 0.717) is 30.4 Å². The number of rotatable bonds is 7. The first kappa shape index (κ1) is 19.9. The Hall–Kier alpha value is -4.07. The molecule has 4 aromatic rings. The van der Waals surface area contributed by atoms with Gasteiger partial charge in [-0.05, 0) is 30.9 Å². The van der Waals surface area contributed by atoms with E-state index in [-0.39, 0.29) is 6.61 Å². The molecule has 0 amide bonds. The summed E-state index contributed by atoms with van der Waals surface area (Å²) in [6, 6.07) is 11.7. The topological polar surface area (TPSA) is 114 Å². The highest BCUT2D eigenvalue weighted by Gasteiger charge is 2.51. The molecular weight excluding hydrogens is 406 g/mol. The first-order valence-electron chi connectivity index (χ1n) is 10.3. The molecule has 0 saturated heterocycles. The number of pyridine rings is 1. The molecule has 0 atom stereocenters. The normalized spacial score (nSPS) is 14.2. The number of aromatic nitrogens is 5. The zero-order valence-corrected chi connectivity index (χ0v) is 17.4. The van der Waals surface area contributed by atoms with Gasteiger partial charge in [-0.15, -0.1) is 0 Å². The Kier molecular flexibility index (Phi) is 4.89. The van der Waals surface area contributed by atoms with Gasteiger partial charge >= 0.3 is 5.97 Å². The van der Waals surface area contributed by atoms with Gasteiger partial charge in [0.05, 0.1) is 11.9 Å². The molecule has 3 heterocycles. The molecule has 0 bridgehead atoms. The summed E-state index contributed by atoms with van der Waals surface area (Å²) in [7, 11) is 0. The highest BCUT2D eigenvalue weighted by Crippen LogP contribution is 2.46. The summed E-state index contributed by atoms with van der Waals surface area (Å²) in [6.45, 7) is 2.08. The third-order valence-electron chi connectivity index (χ3n) is 5.72. The van der Waals surface area contributed by atoms with E-state index in [1.54, 1.807) is 30.9 Å². The second-order valence-electron chi connectivity index (χ2n) is 8.02. The van der Waals surface area contributed by atoms with Gasteiger partial charge in [-0.25, -0.2) is 19.9 Å². The van der Waals surface area contributed by atoms with Crippen LogP contribution in [0.4, 0.5) is 0 Å². The van der Waals surface area contributed by atoms with Crippen LogP contribution in [0.1, 0.15) is 18.4 Å². The number of nitrogens with one attached hydrogen (secondary N) is 1. The minimum atomic E-state index is -0.810. The summed E-state index contributed by atoms with van der Waals surface area (Å²) >= 11 is 0. The van der Waals surface area contributed by atoms with E-state index in [1.807, 2.05) is 37.3 Å². The summed E-state index contributed by atoms with van der Waals surface area (Å²) in [4.78, 5) is 32.2. The van der Waals surface area contributed by atoms with Crippen LogP contribution in [-0.2, 0) is 4.79 Å². The van der Waals surface area contributed by atoms with Gasteiger partial charge in [0.1, 0.15) is 12.0 Å². The van der Waals surface area contributed by atoms with Crippen molar-refractivity contribution in [2.75, 3.05) is 6.61 Å². The van der Waals surface area contributed by atoms with E-state index in [1.165, 1.54) is 0 Å². The second kappa shape index (κ2) is 7.88. The number of nitrogens with zero attached hydrogens (tertiary/aromatic N) is 4. The molecule has 8 nitrogen and oxygen atoms in total. The minimum absolute atomic E-state index is 0.139. The number of carboxylic acids is 1. The van der Waals surface area contributed by atoms with Gasteiger partial charge in [0.15, 0.2) is 11.6 Å². The third kappa shape index (κ3) is 3.82. The Morgan fingerprint density at radius 1 is 1.03 bits per heavy atom. The van der Waals surface area contributed by atoms with Crippen LogP contribution in [0.5, 0.6) is 5.88 Å². The van der Waals surface area contributed by atoms with Crippen molar-refractivity contribution >= 4 is 5.97 Å². The predicted octanol–water partition coefficient (Wildman–Crippen LogP) is 4.15. The molecule has 1 aliphatic rings. The van der Waals surface area contributed by atoms with Gasteiger partial charge in [0.2, 0.25) is 5.88 Å². The zero-order chi connectivity index (χ0) is 22.1. The fourth-order valence-electron chi connectivity index (χ4n) is 3.48. The molecule has 1 aromatic carbocycles. The first-order chi connectivity index (χ1) is 15.5. The van der Waals surface area contributed by atoms with Gasteiger partial charge in [0, 0.05) is 35.8 Å². The van der Waals surface area contributed by atoms with Crippen LogP contribution in [-0.4, -0.2) is 42.6 Å². The lowest BCUT2D eigenvalue weighted by atomic mass is 10.1. The Bertz CT molecular complexity index is 1260. The number of aliphatic carboxylic acids is 1. The maximum absolute atomic E-state index is 11.3. The molecule has 5 rings (SSSR count). The van der Waals surface area contributed by atoms with Crippen LogP contribution in [0.2, 0.25) is 0 Å². The van der Waals surface area contributed by atoms with Crippen LogP contribution in [0.15, 0.2) is 61.2 Å². The molecule has 8 heteroatoms. The standard InChI is InChI=1S/C24H21N5O3/c1-15-9-20(32-14-24(7-8-24)23(30)31)25-12-18(15)17-10-26-21(27-11-17)22-28-13-19(29-22)16-5-3-2-4-6-16/h2-6,9-13H,7-8,14H2,1H3,(H,28,29)(H,30,31). The van der Waals surface area contributed by atoms with Crippen molar-refractivity contribution in [3.05, 3.63) is 66.7 Å². The molecule has 2 N–H and O–H groups in total. The smallest absolute Gasteiger partial charge is 0.313 e. The minimum Gasteiger partial charge on any atom is -0.481 e. The van der Waals surface area contributed by atoms with Crippen molar-refractivity contribution in [2.45, 2.75) is 19.8 Å². The molecule has 0 unspecified atom stereocenters. The number of carboxylic acid groups (broad SMARTS) is 1. The SMILES string of the molecule is Cc1cc(OCC2(C(=O)O)CC2)ncc1-c1cnc(-c2ncc(-c3ccccc3)[nH]2)nc1. The van der Waals surface area contributed by atoms with Crippen molar-refractivity contribution in [2.24, 2.45) is 5.41 Å². The maximum atomic E-state index is 11.3. The van der Waals surface area contributed by atoms with Crippen molar-refractivity contribution < 1.29 is 14.6 Å². The van der Waals surface area contributed by atoms with E-state index in [0.717, 1.165) is 27.9 Å². The van der Waals surface area contributed by atoms with Crippen LogP contribution in [0.25, 0.3) is 34.0 Å². The first-order valence-corrected chi connectivity index (χ1v) is 10.3. The molecule has 0 aliphatic heterocycles. The number of aryl methyl sites for hydroxylation is 1. The van der Waals surface area contributed by atoms with Crippen molar-refractivity contribution in [1.29, 1.82) is 0 Å². The van der Waals surface area contributed by atoms with Gasteiger partial charge in [-0.3, -0.25) is 4.79 Å². The van der Waals surface area contributed by atoms with Gasteiger partial charge in [-0.1, -0.05) is 30.3 Å². The number of hydrogen-bond donors (Lipinski definition) is 2. The molecule has 1 aliphatic carbocycles. The van der Waals surface area contributed by atoms with Crippen molar-refractivity contribution in [3.8, 4) is 39.9 Å². The summed E-state index contributed by atoms with van der Waals surface area (Å²) < 4.78 is 5.65. The maximum Gasteiger partial charge on any atom is 0.313 e. The zero-order valence-electron chi connectivity index (χ0n) is 17.4. The van der Waals surface area contributed by atoms with Crippen LogP contribution in [0.3, 0.4) is 0 Å². The lowest BCUT2D eigenvalue weighted by Gasteiger charge is -2.12. The average Bonchev–Trinajstić information content (AvgIpc) is 3.46. The fourth-order valence-corrected chi connectivity index (χ4v) is 3.48. The molecule has 1 saturated carbocycles. The summed E-state index contributed by atoms with van der Waals surface area (Å²) in [6.07, 6.45) is 8.23. The Balaban J connectivity index is 1.31. The Labute approximate surface area is 184 Å². The largest absolute Gasteiger partial charge is 0.481 e. The fraction of sp³-hybridized carbons (Fsp3) is 0.208. The number of ether oxygens (including phenoxy) is 1. The monoisotopic (exact) mass is 427 g/mol. The molecule has 0 spiro atoms. The van der Waals surface area contributed by atoms with Crippen LogP contribution in [0, 0.1) is 12.3 Å². The predicted molar refractivity (Wildman–Crippen MR) is 118 cm³/mol. The van der Waals surface area contributed by atoms with Crippen molar-refractivity contribution in [1.82, 2.24) is 24.9 Å². The van der Waals surface area contributed by atoms with Crippen LogP contribution >= 0.6 is 0 Å². The number of carbonyl (C=O) groups is 1. The molecule has 160 valence electrons. The Morgan fingerprint density at radius 3 is 2.44 bits per heavy atom. The van der Waals surface area contributed by atoms with E-state index < -0.39 is 11.4 Å². The second-order valence-corrected chi connectivity index (χ2v) is 8.02. The lowest BCUT2D eigenvalue weighted by molar-refractivity contribution is -0.144.